The average Bonchev–Trinajstić information content (AvgIpc) is 1.66. The lowest BCUT2D eigenvalue weighted by Crippen LogP contribution is -2.53. The van der Waals surface area contributed by atoms with Crippen molar-refractivity contribution in [1.29, 1.82) is 0 Å². The van der Waals surface area contributed by atoms with Crippen LogP contribution in [0.15, 0.2) is 172 Å². The number of hydrogen-bond donors (Lipinski definition) is 8. The third-order valence-corrected chi connectivity index (χ3v) is 17.6. The molecule has 536 valence electrons. The minimum atomic E-state index is -1.09. The van der Waals surface area contributed by atoms with E-state index in [9.17, 15) is 33.7 Å². The smallest absolute Gasteiger partial charge is 0.356 e. The van der Waals surface area contributed by atoms with E-state index >= 15 is 0 Å². The molecule has 4 fully saturated rings. The summed E-state index contributed by atoms with van der Waals surface area (Å²) in [7, 11) is 0. The number of aliphatic hydroxyl groups is 4. The summed E-state index contributed by atoms with van der Waals surface area (Å²) in [5.74, 6) is 0.291. The molecular formula is C68H84Cl2F2N22O7. The number of carbonyl (C=O) groups is 2. The summed E-state index contributed by atoms with van der Waals surface area (Å²) in [6, 6.07) is 14.4. The molecule has 0 radical (unpaired) electrons. The Hall–Kier alpha value is -10.1. The van der Waals surface area contributed by atoms with Gasteiger partial charge >= 0.3 is 5.97 Å². The molecule has 0 bridgehead atoms. The number of hydrogen-bond acceptors (Lipinski definition) is 21. The average molecular weight is 1430 g/mol. The number of nitrogens with one attached hydrogen (secondary N) is 2. The van der Waals surface area contributed by atoms with Crippen LogP contribution in [0.2, 0.25) is 5.15 Å². The number of carboxylic acid groups (broad SMARTS) is 1. The van der Waals surface area contributed by atoms with Gasteiger partial charge in [0.1, 0.15) is 11.6 Å². The number of amides is 1. The Labute approximate surface area is 592 Å². The number of rotatable bonds is 12. The normalized spacial score (nSPS) is 19.6. The molecule has 0 aliphatic carbocycles. The number of carboxylic acids is 1. The summed E-state index contributed by atoms with van der Waals surface area (Å²) in [6.45, 7) is 10.8. The zero-order valence-corrected chi connectivity index (χ0v) is 55.7. The van der Waals surface area contributed by atoms with Crippen molar-refractivity contribution < 1.29 is 43.9 Å². The van der Waals surface area contributed by atoms with Gasteiger partial charge < -0.3 is 74.2 Å². The highest BCUT2D eigenvalue weighted by Gasteiger charge is 2.41. The SMILES string of the molecule is C.C.CC1(CO)CCN(c2nccn3ccnc23)C1.CC1(CO)CCNC1.Cl.Clc1nccn2ccnc12.NC1(CO)CCN(c2nccn3ccnc23)C1.O=C(N[C@@]1(CO)CCN(c2nccn3ccnc23)C1)c1ccn(-c2ccc(F)cc2)n1.O=C(O)c1ccn(-c2ccc(F)cc2)n1. The molecule has 1 amide bonds. The minimum Gasteiger partial charge on any atom is -0.476 e. The van der Waals surface area contributed by atoms with E-state index < -0.39 is 17.0 Å². The van der Waals surface area contributed by atoms with Gasteiger partial charge in [-0.15, -0.1) is 12.4 Å². The lowest BCUT2D eigenvalue weighted by molar-refractivity contribution is 0.0689. The van der Waals surface area contributed by atoms with Gasteiger partial charge in [0, 0.05) is 175 Å². The Morgan fingerprint density at radius 2 is 0.931 bits per heavy atom. The van der Waals surface area contributed by atoms with E-state index in [-0.39, 0.29) is 86.8 Å². The van der Waals surface area contributed by atoms with Crippen LogP contribution in [0.3, 0.4) is 0 Å². The summed E-state index contributed by atoms with van der Waals surface area (Å²) in [5.41, 5.74) is 9.45. The van der Waals surface area contributed by atoms with Gasteiger partial charge in [-0.05, 0) is 92.9 Å². The number of imidazole rings is 4. The number of aromatic nitrogens is 16. The molecule has 9 N–H and O–H groups in total. The van der Waals surface area contributed by atoms with E-state index in [1.54, 1.807) is 80.2 Å². The van der Waals surface area contributed by atoms with Crippen LogP contribution >= 0.6 is 24.0 Å². The van der Waals surface area contributed by atoms with Crippen molar-refractivity contribution in [2.45, 2.75) is 65.5 Å². The molecule has 33 heteroatoms. The number of halogens is 4. The maximum atomic E-state index is 13.1. The molecule has 16 rings (SSSR count). The first-order valence-corrected chi connectivity index (χ1v) is 31.8. The van der Waals surface area contributed by atoms with Crippen molar-refractivity contribution in [2.75, 3.05) is 93.5 Å². The van der Waals surface area contributed by atoms with Crippen molar-refractivity contribution in [1.82, 2.24) is 87.7 Å². The predicted octanol–water partition coefficient (Wildman–Crippen LogP) is 6.76. The lowest BCUT2D eigenvalue weighted by Gasteiger charge is -2.28. The van der Waals surface area contributed by atoms with Crippen LogP contribution in [0.1, 0.15) is 75.4 Å². The first-order chi connectivity index (χ1) is 47.3. The molecule has 101 heavy (non-hydrogen) atoms. The zero-order chi connectivity index (χ0) is 69.0. The topological polar surface area (TPSA) is 351 Å². The highest BCUT2D eigenvalue weighted by atomic mass is 35.5. The number of nitrogens with two attached hydrogens (primary N) is 1. The Morgan fingerprint density at radius 1 is 0.515 bits per heavy atom. The van der Waals surface area contributed by atoms with Gasteiger partial charge in [0.25, 0.3) is 5.91 Å². The number of aliphatic hydroxyl groups excluding tert-OH is 4. The van der Waals surface area contributed by atoms with E-state index in [0.29, 0.717) is 60.7 Å². The van der Waals surface area contributed by atoms with Crippen molar-refractivity contribution in [2.24, 2.45) is 16.6 Å². The summed E-state index contributed by atoms with van der Waals surface area (Å²) in [6.07, 6.45) is 35.2. The molecule has 4 aliphatic rings. The van der Waals surface area contributed by atoms with Gasteiger partial charge in [-0.3, -0.25) is 4.79 Å². The Kier molecular flexibility index (Phi) is 25.7. The van der Waals surface area contributed by atoms with Crippen molar-refractivity contribution >= 4 is 75.9 Å². The third-order valence-electron chi connectivity index (χ3n) is 17.4. The minimum absolute atomic E-state index is 0. The number of carbonyl (C=O) groups excluding carboxylic acids is 1. The molecule has 4 aliphatic heterocycles. The third kappa shape index (κ3) is 18.3. The van der Waals surface area contributed by atoms with Crippen LogP contribution in [-0.4, -0.2) is 204 Å². The zero-order valence-electron chi connectivity index (χ0n) is 54.1. The second-order valence-electron chi connectivity index (χ2n) is 24.9. The fourth-order valence-electron chi connectivity index (χ4n) is 11.5. The van der Waals surface area contributed by atoms with E-state index in [0.717, 1.165) is 80.6 Å². The van der Waals surface area contributed by atoms with Gasteiger partial charge in [0.2, 0.25) is 0 Å². The van der Waals surface area contributed by atoms with Crippen molar-refractivity contribution in [3.63, 3.8) is 0 Å². The van der Waals surface area contributed by atoms with Crippen molar-refractivity contribution in [3.05, 3.63) is 200 Å². The van der Waals surface area contributed by atoms with Gasteiger partial charge in [-0.25, -0.2) is 62.8 Å². The van der Waals surface area contributed by atoms with Crippen LogP contribution in [0.5, 0.6) is 0 Å². The molecular weight excluding hydrogens is 1350 g/mol. The Balaban J connectivity index is 0.000000161. The Morgan fingerprint density at radius 3 is 1.34 bits per heavy atom. The summed E-state index contributed by atoms with van der Waals surface area (Å²) < 4.78 is 36.2. The van der Waals surface area contributed by atoms with E-state index in [2.05, 4.69) is 84.4 Å². The number of aromatic carboxylic acids is 1. The molecule has 29 nitrogen and oxygen atoms in total. The number of anilines is 3. The van der Waals surface area contributed by atoms with Crippen LogP contribution in [0.4, 0.5) is 26.2 Å². The molecule has 10 aromatic heterocycles. The van der Waals surface area contributed by atoms with E-state index in [1.165, 1.54) is 58.0 Å². The lowest BCUT2D eigenvalue weighted by atomic mass is 9.91. The van der Waals surface area contributed by atoms with Crippen LogP contribution < -0.4 is 31.1 Å². The largest absolute Gasteiger partial charge is 0.476 e. The summed E-state index contributed by atoms with van der Waals surface area (Å²) in [4.78, 5) is 63.8. The maximum Gasteiger partial charge on any atom is 0.356 e. The van der Waals surface area contributed by atoms with Gasteiger partial charge in [-0.1, -0.05) is 40.3 Å². The highest BCUT2D eigenvalue weighted by Crippen LogP contribution is 2.34. The number of fused-ring (bicyclic) bond motifs is 4. The molecule has 0 saturated carbocycles. The van der Waals surface area contributed by atoms with E-state index in [4.69, 9.17) is 27.5 Å². The predicted molar refractivity (Wildman–Crippen MR) is 381 cm³/mol. The fraction of sp³-hybridized carbons (Fsp3) is 0.353. The first-order valence-electron chi connectivity index (χ1n) is 31.4. The first kappa shape index (κ1) is 76.6. The highest BCUT2D eigenvalue weighted by molar-refractivity contribution is 6.32. The molecule has 4 saturated heterocycles. The molecule has 12 aromatic rings. The summed E-state index contributed by atoms with van der Waals surface area (Å²) in [5, 5.41) is 60.9. The Bertz CT molecular complexity index is 4530. The fourth-order valence-corrected chi connectivity index (χ4v) is 11.7. The second-order valence-corrected chi connectivity index (χ2v) is 25.3. The molecule has 3 unspecified atom stereocenters. The molecule has 14 heterocycles. The monoisotopic (exact) mass is 1430 g/mol. The maximum absolute atomic E-state index is 13.1. The summed E-state index contributed by atoms with van der Waals surface area (Å²) >= 11 is 5.70. The second kappa shape index (κ2) is 33.8. The number of nitrogens with zero attached hydrogens (tertiary/aromatic N) is 19. The quantitative estimate of drug-likeness (QED) is 0.0626. The molecule has 0 spiro atoms. The van der Waals surface area contributed by atoms with Gasteiger partial charge in [0.15, 0.2) is 56.6 Å². The van der Waals surface area contributed by atoms with Crippen LogP contribution in [0, 0.1) is 22.5 Å². The van der Waals surface area contributed by atoms with Crippen molar-refractivity contribution in [3.8, 4) is 11.4 Å². The van der Waals surface area contributed by atoms with E-state index in [1.807, 2.05) is 65.9 Å². The molecule has 4 atom stereocenters. The number of benzene rings is 2. The van der Waals surface area contributed by atoms with Crippen LogP contribution in [-0.2, 0) is 0 Å². The van der Waals surface area contributed by atoms with Gasteiger partial charge in [-0.2, -0.15) is 10.2 Å². The molecule has 2 aromatic carbocycles. The standard InChI is InChI=1S/C21H20FN7O2.C12H16N4O.C11H15N5O.C10H7FN2O2.C6H4ClN3.C6H13NO.2CH4.ClH/c22-15-1-3-16(4-2-15)29-9-5-17(26-29)20(31)25-21(14-30)6-10-28(13-21)19-18-23-7-11-27(18)12-8-24-19;1-12(9-17)2-5-16(8-12)11-10-13-3-6-15(10)7-4-14-11;12-11(8-17)1-4-16(7-11)10-9-13-2-5-15(9)6-3-14-10;11-7-1-3-8(4-2-7)13-6-5-9(12-13)10(14)15;7-5-6-9-2-4-10(6)3-1-8-5;1-6(5-8)2-3-7-4-6;;;/h1-5,7-9,11-12,30H,6,10,13-14H2,(H,25,31);3-4,6-7,17H,2,5,8-9H2,1H3;2-3,5-6,17H,1,4,7-8,12H2;1-6H,(H,14,15);1-4H;7-8H,2-5H2,1H3;2*1H4;1H/t21-;;;;;;;;/m0......../s1. The van der Waals surface area contributed by atoms with Crippen LogP contribution in [0.25, 0.3) is 34.0 Å². The van der Waals surface area contributed by atoms with Gasteiger partial charge in [0.05, 0.1) is 42.3 Å².